The fourth-order valence-corrected chi connectivity index (χ4v) is 3.09. The van der Waals surface area contributed by atoms with Gasteiger partial charge in [0.15, 0.2) is 0 Å². The molecule has 106 valence electrons. The van der Waals surface area contributed by atoms with Crippen molar-refractivity contribution in [1.29, 1.82) is 0 Å². The van der Waals surface area contributed by atoms with E-state index in [0.717, 1.165) is 31.5 Å². The second kappa shape index (κ2) is 4.98. The lowest BCUT2D eigenvalue weighted by atomic mass is 9.77. The summed E-state index contributed by atoms with van der Waals surface area (Å²) in [7, 11) is 0. The molecule has 0 aliphatic carbocycles. The van der Waals surface area contributed by atoms with Gasteiger partial charge in [0.1, 0.15) is 5.82 Å². The second-order valence-corrected chi connectivity index (χ2v) is 5.62. The van der Waals surface area contributed by atoms with Crippen LogP contribution in [0.25, 0.3) is 0 Å². The van der Waals surface area contributed by atoms with Crippen molar-refractivity contribution in [3.05, 3.63) is 35.6 Å². The first-order chi connectivity index (χ1) is 9.61. The fourth-order valence-electron chi connectivity index (χ4n) is 3.09. The zero-order chi connectivity index (χ0) is 14.2. The molecule has 0 radical (unpaired) electrons. The SMILES string of the molecule is O=C1CC2(CCNCC2)C(=O)N1Cc1ccc(F)cc1. The molecule has 20 heavy (non-hydrogen) atoms. The highest BCUT2D eigenvalue weighted by Crippen LogP contribution is 2.41. The summed E-state index contributed by atoms with van der Waals surface area (Å²) in [6.45, 7) is 1.81. The Morgan fingerprint density at radius 3 is 2.45 bits per heavy atom. The maximum Gasteiger partial charge on any atom is 0.236 e. The molecule has 2 fully saturated rings. The Morgan fingerprint density at radius 1 is 1.15 bits per heavy atom. The summed E-state index contributed by atoms with van der Waals surface area (Å²) in [5.41, 5.74) is 0.279. The van der Waals surface area contributed by atoms with Crippen molar-refractivity contribution in [1.82, 2.24) is 10.2 Å². The lowest BCUT2D eigenvalue weighted by Crippen LogP contribution is -2.42. The van der Waals surface area contributed by atoms with Crippen molar-refractivity contribution >= 4 is 11.8 Å². The Kier molecular flexibility index (Phi) is 3.30. The predicted molar refractivity (Wildman–Crippen MR) is 71.1 cm³/mol. The number of rotatable bonds is 2. The van der Waals surface area contributed by atoms with E-state index in [2.05, 4.69) is 5.32 Å². The van der Waals surface area contributed by atoms with Crippen LogP contribution in [-0.2, 0) is 16.1 Å². The highest BCUT2D eigenvalue weighted by Gasteiger charge is 2.51. The van der Waals surface area contributed by atoms with Crippen molar-refractivity contribution in [2.45, 2.75) is 25.8 Å². The van der Waals surface area contributed by atoms with Crippen LogP contribution in [0.4, 0.5) is 4.39 Å². The van der Waals surface area contributed by atoms with Gasteiger partial charge >= 0.3 is 0 Å². The molecule has 2 aliphatic heterocycles. The average Bonchev–Trinajstić information content (AvgIpc) is 2.67. The van der Waals surface area contributed by atoms with E-state index in [-0.39, 0.29) is 24.2 Å². The topological polar surface area (TPSA) is 49.4 Å². The quantitative estimate of drug-likeness (QED) is 0.832. The van der Waals surface area contributed by atoms with E-state index in [9.17, 15) is 14.0 Å². The number of likely N-dealkylation sites (tertiary alicyclic amines) is 1. The summed E-state index contributed by atoms with van der Waals surface area (Å²) in [4.78, 5) is 26.0. The number of carbonyl (C=O) groups is 2. The first-order valence-corrected chi connectivity index (χ1v) is 6.91. The van der Waals surface area contributed by atoms with Crippen LogP contribution in [0.3, 0.4) is 0 Å². The minimum Gasteiger partial charge on any atom is -0.317 e. The molecule has 0 aromatic heterocycles. The van der Waals surface area contributed by atoms with E-state index in [1.54, 1.807) is 12.1 Å². The van der Waals surface area contributed by atoms with Crippen molar-refractivity contribution in [3.8, 4) is 0 Å². The molecule has 1 spiro atoms. The Balaban J connectivity index is 1.78. The number of hydrogen-bond acceptors (Lipinski definition) is 3. The molecule has 2 amide bonds. The summed E-state index contributed by atoms with van der Waals surface area (Å²) >= 11 is 0. The van der Waals surface area contributed by atoms with Gasteiger partial charge < -0.3 is 5.32 Å². The van der Waals surface area contributed by atoms with E-state index >= 15 is 0 Å². The number of hydrogen-bond donors (Lipinski definition) is 1. The van der Waals surface area contributed by atoms with Gasteiger partial charge in [0, 0.05) is 6.42 Å². The second-order valence-electron chi connectivity index (χ2n) is 5.62. The van der Waals surface area contributed by atoms with Gasteiger partial charge in [0.05, 0.1) is 12.0 Å². The van der Waals surface area contributed by atoms with Gasteiger partial charge in [-0.3, -0.25) is 14.5 Å². The van der Waals surface area contributed by atoms with Crippen LogP contribution in [0.15, 0.2) is 24.3 Å². The van der Waals surface area contributed by atoms with Crippen LogP contribution in [0, 0.1) is 11.2 Å². The molecule has 2 heterocycles. The average molecular weight is 276 g/mol. The summed E-state index contributed by atoms with van der Waals surface area (Å²) in [6.07, 6.45) is 1.75. The summed E-state index contributed by atoms with van der Waals surface area (Å²) in [5, 5.41) is 3.22. The number of nitrogens with zero attached hydrogens (tertiary/aromatic N) is 1. The van der Waals surface area contributed by atoms with E-state index < -0.39 is 5.41 Å². The highest BCUT2D eigenvalue weighted by molar-refractivity contribution is 6.05. The van der Waals surface area contributed by atoms with Crippen molar-refractivity contribution in [2.24, 2.45) is 5.41 Å². The van der Waals surface area contributed by atoms with Gasteiger partial charge in [0.25, 0.3) is 0 Å². The van der Waals surface area contributed by atoms with Crippen LogP contribution in [0.2, 0.25) is 0 Å². The Bertz CT molecular complexity index is 535. The van der Waals surface area contributed by atoms with Crippen LogP contribution >= 0.6 is 0 Å². The number of halogens is 1. The summed E-state index contributed by atoms with van der Waals surface area (Å²) < 4.78 is 12.9. The molecule has 0 bridgehead atoms. The lowest BCUT2D eigenvalue weighted by molar-refractivity contribution is -0.142. The molecule has 5 heteroatoms. The molecule has 2 saturated heterocycles. The van der Waals surface area contributed by atoms with Crippen molar-refractivity contribution in [2.75, 3.05) is 13.1 Å². The standard InChI is InChI=1S/C15H17FN2O2/c16-12-3-1-11(2-4-12)10-18-13(19)9-15(14(18)20)5-7-17-8-6-15/h1-4,17H,5-10H2. The van der Waals surface area contributed by atoms with Crippen LogP contribution in [-0.4, -0.2) is 29.8 Å². The molecule has 2 aliphatic rings. The molecule has 0 atom stereocenters. The number of carbonyl (C=O) groups excluding carboxylic acids is 2. The van der Waals surface area contributed by atoms with E-state index in [0.29, 0.717) is 6.42 Å². The van der Waals surface area contributed by atoms with Crippen LogP contribution in [0.5, 0.6) is 0 Å². The molecule has 1 N–H and O–H groups in total. The zero-order valence-corrected chi connectivity index (χ0v) is 11.2. The number of piperidine rings is 1. The van der Waals surface area contributed by atoms with Gasteiger partial charge in [-0.2, -0.15) is 0 Å². The number of nitrogens with one attached hydrogen (secondary N) is 1. The van der Waals surface area contributed by atoms with Crippen LogP contribution < -0.4 is 5.32 Å². The summed E-state index contributed by atoms with van der Waals surface area (Å²) in [6, 6.07) is 5.92. The molecule has 0 unspecified atom stereocenters. The van der Waals surface area contributed by atoms with Gasteiger partial charge in [-0.05, 0) is 43.6 Å². The fraction of sp³-hybridized carbons (Fsp3) is 0.467. The number of imide groups is 1. The maximum absolute atomic E-state index is 12.9. The van der Waals surface area contributed by atoms with E-state index in [4.69, 9.17) is 0 Å². The van der Waals surface area contributed by atoms with Gasteiger partial charge in [0.2, 0.25) is 11.8 Å². The molecule has 1 aromatic carbocycles. The van der Waals surface area contributed by atoms with E-state index in [1.807, 2.05) is 0 Å². The third kappa shape index (κ3) is 2.22. The molecule has 0 saturated carbocycles. The predicted octanol–water partition coefficient (Wildman–Crippen LogP) is 1.45. The normalized spacial score (nSPS) is 21.8. The minimum atomic E-state index is -0.498. The Labute approximate surface area is 117 Å². The Morgan fingerprint density at radius 2 is 1.80 bits per heavy atom. The molecular weight excluding hydrogens is 259 g/mol. The Hall–Kier alpha value is -1.75. The smallest absolute Gasteiger partial charge is 0.236 e. The van der Waals surface area contributed by atoms with Crippen molar-refractivity contribution in [3.63, 3.8) is 0 Å². The molecule has 1 aromatic rings. The monoisotopic (exact) mass is 276 g/mol. The maximum atomic E-state index is 12.9. The highest BCUT2D eigenvalue weighted by atomic mass is 19.1. The number of benzene rings is 1. The third-order valence-corrected chi connectivity index (χ3v) is 4.30. The van der Waals surface area contributed by atoms with E-state index in [1.165, 1.54) is 17.0 Å². The van der Waals surface area contributed by atoms with Gasteiger partial charge in [-0.15, -0.1) is 0 Å². The molecular formula is C15H17FN2O2. The molecule has 4 nitrogen and oxygen atoms in total. The number of amides is 2. The molecule has 3 rings (SSSR count). The van der Waals surface area contributed by atoms with Gasteiger partial charge in [-0.1, -0.05) is 12.1 Å². The van der Waals surface area contributed by atoms with Crippen molar-refractivity contribution < 1.29 is 14.0 Å². The minimum absolute atomic E-state index is 0.0617. The largest absolute Gasteiger partial charge is 0.317 e. The summed E-state index contributed by atoms with van der Waals surface area (Å²) in [5.74, 6) is -0.489. The third-order valence-electron chi connectivity index (χ3n) is 4.30. The lowest BCUT2D eigenvalue weighted by Gasteiger charge is -2.31. The van der Waals surface area contributed by atoms with Gasteiger partial charge in [-0.25, -0.2) is 4.39 Å². The first kappa shape index (κ1) is 13.2. The van der Waals surface area contributed by atoms with Crippen LogP contribution in [0.1, 0.15) is 24.8 Å². The first-order valence-electron chi connectivity index (χ1n) is 6.91. The zero-order valence-electron chi connectivity index (χ0n) is 11.2.